The summed E-state index contributed by atoms with van der Waals surface area (Å²) in [6.45, 7) is 3.34. The molecule has 0 saturated carbocycles. The topological polar surface area (TPSA) is 101 Å². The summed E-state index contributed by atoms with van der Waals surface area (Å²) >= 11 is 0. The first kappa shape index (κ1) is 13.2. The summed E-state index contributed by atoms with van der Waals surface area (Å²) < 4.78 is 1.35. The van der Waals surface area contributed by atoms with Crippen LogP contribution < -0.4 is 0 Å². The predicted octanol–water partition coefficient (Wildman–Crippen LogP) is 0.809. The molecule has 0 amide bonds. The molecule has 2 aromatic heterocycles. The molecule has 0 unspecified atom stereocenters. The van der Waals surface area contributed by atoms with E-state index in [1.807, 2.05) is 0 Å². The maximum Gasteiger partial charge on any atom is 0.358 e. The molecule has 2 N–H and O–H groups in total. The lowest BCUT2D eigenvalue weighted by Crippen LogP contribution is -2.27. The second-order valence-electron chi connectivity index (χ2n) is 4.78. The van der Waals surface area contributed by atoms with E-state index in [0.717, 1.165) is 0 Å². The Balaban J connectivity index is 2.55. The summed E-state index contributed by atoms with van der Waals surface area (Å²) in [5.74, 6) is -1.18. The van der Waals surface area contributed by atoms with Crippen molar-refractivity contribution >= 4 is 5.97 Å². The zero-order valence-electron chi connectivity index (χ0n) is 10.6. The molecule has 19 heavy (non-hydrogen) atoms. The van der Waals surface area contributed by atoms with Crippen LogP contribution in [-0.2, 0) is 6.54 Å². The third kappa shape index (κ3) is 2.94. The second-order valence-corrected chi connectivity index (χ2v) is 4.78. The number of aliphatic hydroxyl groups is 1. The highest BCUT2D eigenvalue weighted by Gasteiger charge is 2.24. The number of hydrogen-bond acceptors (Lipinski definition) is 5. The second kappa shape index (κ2) is 4.77. The molecule has 0 radical (unpaired) electrons. The molecule has 2 heterocycles. The molecule has 7 nitrogen and oxygen atoms in total. The molecule has 0 aromatic carbocycles. The molecule has 0 aliphatic carbocycles. The van der Waals surface area contributed by atoms with Gasteiger partial charge in [-0.2, -0.15) is 0 Å². The smallest absolute Gasteiger partial charge is 0.358 e. The van der Waals surface area contributed by atoms with E-state index < -0.39 is 11.6 Å². The summed E-state index contributed by atoms with van der Waals surface area (Å²) in [5.41, 5.74) is -0.472. The van der Waals surface area contributed by atoms with Crippen molar-refractivity contribution in [1.29, 1.82) is 0 Å². The molecule has 2 aromatic rings. The molecular formula is C12H14N4O3. The van der Waals surface area contributed by atoms with Crippen molar-refractivity contribution in [1.82, 2.24) is 20.0 Å². The first-order valence-corrected chi connectivity index (χ1v) is 5.69. The highest BCUT2D eigenvalue weighted by Crippen LogP contribution is 2.21. The highest BCUT2D eigenvalue weighted by atomic mass is 16.4. The van der Waals surface area contributed by atoms with E-state index in [-0.39, 0.29) is 17.9 Å². The van der Waals surface area contributed by atoms with Crippen molar-refractivity contribution in [3.8, 4) is 11.4 Å². The predicted molar refractivity (Wildman–Crippen MR) is 66.5 cm³/mol. The largest absolute Gasteiger partial charge is 0.476 e. The van der Waals surface area contributed by atoms with E-state index in [9.17, 15) is 9.90 Å². The van der Waals surface area contributed by atoms with Crippen LogP contribution >= 0.6 is 0 Å². The molecule has 0 spiro atoms. The van der Waals surface area contributed by atoms with E-state index in [2.05, 4.69) is 15.3 Å². The molecule has 0 atom stereocenters. The van der Waals surface area contributed by atoms with Crippen LogP contribution in [0, 0.1) is 0 Å². The van der Waals surface area contributed by atoms with Crippen molar-refractivity contribution in [2.24, 2.45) is 0 Å². The van der Waals surface area contributed by atoms with Crippen molar-refractivity contribution < 1.29 is 15.0 Å². The summed E-state index contributed by atoms with van der Waals surface area (Å²) in [6, 6.07) is 5.15. The monoisotopic (exact) mass is 262 g/mol. The Bertz CT molecular complexity index is 587. The fourth-order valence-corrected chi connectivity index (χ4v) is 1.69. The number of carboxylic acid groups (broad SMARTS) is 1. The van der Waals surface area contributed by atoms with Gasteiger partial charge in [-0.1, -0.05) is 11.3 Å². The number of aromatic nitrogens is 4. The van der Waals surface area contributed by atoms with Gasteiger partial charge in [-0.05, 0) is 26.0 Å². The molecule has 100 valence electrons. The van der Waals surface area contributed by atoms with E-state index in [4.69, 9.17) is 5.11 Å². The lowest BCUT2D eigenvalue weighted by Gasteiger charge is -2.17. The first-order valence-electron chi connectivity index (χ1n) is 5.69. The molecule has 0 saturated heterocycles. The van der Waals surface area contributed by atoms with Crippen molar-refractivity contribution in [2.45, 2.75) is 26.0 Å². The lowest BCUT2D eigenvalue weighted by atomic mass is 10.1. The highest BCUT2D eigenvalue weighted by molar-refractivity contribution is 5.92. The average molecular weight is 262 g/mol. The SMILES string of the molecule is CC(C)(O)Cn1nnc(C(=O)O)c1-c1ccccn1. The van der Waals surface area contributed by atoms with E-state index in [0.29, 0.717) is 5.69 Å². The number of nitrogens with zero attached hydrogens (tertiary/aromatic N) is 4. The maximum atomic E-state index is 11.2. The maximum absolute atomic E-state index is 11.2. The minimum absolute atomic E-state index is 0.124. The molecule has 2 rings (SSSR count). The minimum atomic E-state index is -1.18. The number of aromatic carboxylic acids is 1. The number of pyridine rings is 1. The summed E-state index contributed by atoms with van der Waals surface area (Å²) in [5, 5.41) is 26.4. The van der Waals surface area contributed by atoms with Gasteiger partial charge in [-0.3, -0.25) is 4.98 Å². The fraction of sp³-hybridized carbons (Fsp3) is 0.333. The molecule has 0 aliphatic rings. The molecule has 0 aliphatic heterocycles. The van der Waals surface area contributed by atoms with E-state index >= 15 is 0 Å². The zero-order valence-corrected chi connectivity index (χ0v) is 10.6. The third-order valence-corrected chi connectivity index (χ3v) is 2.38. The number of carbonyl (C=O) groups is 1. The van der Waals surface area contributed by atoms with E-state index in [1.165, 1.54) is 4.68 Å². The standard InChI is InChI=1S/C12H14N4O3/c1-12(2,19)7-16-10(8-5-3-4-6-13-8)9(11(17)18)14-15-16/h3-6,19H,7H2,1-2H3,(H,17,18). The zero-order chi connectivity index (χ0) is 14.0. The normalized spacial score (nSPS) is 11.5. The lowest BCUT2D eigenvalue weighted by molar-refractivity contribution is 0.0575. The van der Waals surface area contributed by atoms with Crippen LogP contribution in [0.5, 0.6) is 0 Å². The summed E-state index contributed by atoms with van der Waals surface area (Å²) in [7, 11) is 0. The van der Waals surface area contributed by atoms with Crippen LogP contribution in [0.3, 0.4) is 0 Å². The number of carboxylic acids is 1. The fourth-order valence-electron chi connectivity index (χ4n) is 1.69. The van der Waals surface area contributed by atoms with Crippen LogP contribution in [-0.4, -0.2) is 41.8 Å². The van der Waals surface area contributed by atoms with Gasteiger partial charge < -0.3 is 10.2 Å². The van der Waals surface area contributed by atoms with Crippen molar-refractivity contribution in [3.63, 3.8) is 0 Å². The van der Waals surface area contributed by atoms with Gasteiger partial charge in [-0.15, -0.1) is 5.10 Å². The van der Waals surface area contributed by atoms with Crippen LogP contribution in [0.2, 0.25) is 0 Å². The van der Waals surface area contributed by atoms with Gasteiger partial charge in [0.25, 0.3) is 0 Å². The number of rotatable bonds is 4. The van der Waals surface area contributed by atoms with Crippen LogP contribution in [0.15, 0.2) is 24.4 Å². The van der Waals surface area contributed by atoms with Crippen molar-refractivity contribution in [2.75, 3.05) is 0 Å². The quantitative estimate of drug-likeness (QED) is 0.845. The van der Waals surface area contributed by atoms with Gasteiger partial charge in [0.2, 0.25) is 0 Å². The molecular weight excluding hydrogens is 248 g/mol. The van der Waals surface area contributed by atoms with Gasteiger partial charge in [-0.25, -0.2) is 9.48 Å². The summed E-state index contributed by atoms with van der Waals surface area (Å²) in [4.78, 5) is 15.3. The van der Waals surface area contributed by atoms with Gasteiger partial charge in [0.05, 0.1) is 17.8 Å². The summed E-state index contributed by atoms with van der Waals surface area (Å²) in [6.07, 6.45) is 1.56. The Labute approximate surface area is 109 Å². The Hall–Kier alpha value is -2.28. The Morgan fingerprint density at radius 3 is 2.68 bits per heavy atom. The molecule has 0 fully saturated rings. The number of hydrogen-bond donors (Lipinski definition) is 2. The van der Waals surface area contributed by atoms with Crippen molar-refractivity contribution in [3.05, 3.63) is 30.1 Å². The van der Waals surface area contributed by atoms with Crippen LogP contribution in [0.1, 0.15) is 24.3 Å². The van der Waals surface area contributed by atoms with Gasteiger partial charge >= 0.3 is 5.97 Å². The first-order chi connectivity index (χ1) is 8.88. The van der Waals surface area contributed by atoms with Crippen LogP contribution in [0.4, 0.5) is 0 Å². The average Bonchev–Trinajstić information content (AvgIpc) is 2.71. The Morgan fingerprint density at radius 2 is 2.16 bits per heavy atom. The Kier molecular flexibility index (Phi) is 3.30. The van der Waals surface area contributed by atoms with E-state index in [1.54, 1.807) is 38.2 Å². The van der Waals surface area contributed by atoms with Gasteiger partial charge in [0, 0.05) is 6.20 Å². The molecule has 7 heteroatoms. The van der Waals surface area contributed by atoms with Crippen LogP contribution in [0.25, 0.3) is 11.4 Å². The Morgan fingerprint density at radius 1 is 1.42 bits per heavy atom. The van der Waals surface area contributed by atoms with Gasteiger partial charge in [0.1, 0.15) is 5.69 Å². The minimum Gasteiger partial charge on any atom is -0.476 e. The third-order valence-electron chi connectivity index (χ3n) is 2.38. The van der Waals surface area contributed by atoms with Gasteiger partial charge in [0.15, 0.2) is 5.69 Å². The molecule has 0 bridgehead atoms.